The number of pyridine rings is 1. The van der Waals surface area contributed by atoms with Gasteiger partial charge in [-0.2, -0.15) is 13.2 Å². The molecular weight excluding hydrogens is 344 g/mol. The van der Waals surface area contributed by atoms with Crippen molar-refractivity contribution in [3.8, 4) is 11.6 Å². The Labute approximate surface area is 140 Å². The van der Waals surface area contributed by atoms with E-state index in [0.29, 0.717) is 0 Å². The Morgan fingerprint density at radius 1 is 1.12 bits per heavy atom. The molecule has 1 heterocycles. The number of hydrogen-bond donors (Lipinski definition) is 1. The van der Waals surface area contributed by atoms with E-state index < -0.39 is 31.1 Å². The lowest BCUT2D eigenvalue weighted by atomic mass is 10.2. The van der Waals surface area contributed by atoms with Gasteiger partial charge in [-0.1, -0.05) is 18.2 Å². The molecule has 0 atom stereocenters. The fourth-order valence-electron chi connectivity index (χ4n) is 1.79. The van der Waals surface area contributed by atoms with Crippen molar-refractivity contribution in [3.05, 3.63) is 54.0 Å². The van der Waals surface area contributed by atoms with E-state index in [1.807, 2.05) is 0 Å². The predicted molar refractivity (Wildman–Crippen MR) is 79.5 cm³/mol. The molecule has 25 heavy (non-hydrogen) atoms. The number of ether oxygens (including phenoxy) is 2. The molecular formula is C16H14F4N2O3. The molecule has 0 saturated heterocycles. The lowest BCUT2D eigenvalue weighted by molar-refractivity contribution is -0.154. The van der Waals surface area contributed by atoms with Gasteiger partial charge in [0.1, 0.15) is 0 Å². The first-order valence-electron chi connectivity index (χ1n) is 7.12. The van der Waals surface area contributed by atoms with Crippen LogP contribution >= 0.6 is 0 Å². The van der Waals surface area contributed by atoms with Crippen molar-refractivity contribution in [1.82, 2.24) is 10.3 Å². The standard InChI is InChI=1S/C16H14F4N2O3/c17-12-5-1-2-6-13(12)24-9-14(23)22-8-11-4-3-7-21-15(11)25-10-16(18,19)20/h1-7H,8-10H2,(H,22,23). The number of nitrogens with one attached hydrogen (secondary N) is 1. The minimum absolute atomic E-state index is 0.0757. The molecule has 0 aliphatic heterocycles. The summed E-state index contributed by atoms with van der Waals surface area (Å²) in [7, 11) is 0. The molecule has 0 radical (unpaired) electrons. The van der Waals surface area contributed by atoms with Crippen LogP contribution in [0.1, 0.15) is 5.56 Å². The van der Waals surface area contributed by atoms with Crippen LogP contribution in [0.3, 0.4) is 0 Å². The average Bonchev–Trinajstić information content (AvgIpc) is 2.57. The van der Waals surface area contributed by atoms with Crippen LogP contribution in [0, 0.1) is 5.82 Å². The number of carbonyl (C=O) groups is 1. The van der Waals surface area contributed by atoms with Gasteiger partial charge in [-0.15, -0.1) is 0 Å². The summed E-state index contributed by atoms with van der Waals surface area (Å²) in [5, 5.41) is 2.44. The number of carbonyl (C=O) groups excluding carboxylic acids is 1. The van der Waals surface area contributed by atoms with Crippen molar-refractivity contribution in [2.24, 2.45) is 0 Å². The molecule has 134 valence electrons. The average molecular weight is 358 g/mol. The minimum Gasteiger partial charge on any atom is -0.481 e. The molecule has 1 aromatic carbocycles. The first-order chi connectivity index (χ1) is 11.8. The molecule has 0 fully saturated rings. The largest absolute Gasteiger partial charge is 0.481 e. The van der Waals surface area contributed by atoms with E-state index in [4.69, 9.17) is 4.74 Å². The highest BCUT2D eigenvalue weighted by Crippen LogP contribution is 2.20. The topological polar surface area (TPSA) is 60.5 Å². The van der Waals surface area contributed by atoms with E-state index in [1.165, 1.54) is 36.5 Å². The van der Waals surface area contributed by atoms with Crippen LogP contribution in [0.15, 0.2) is 42.6 Å². The summed E-state index contributed by atoms with van der Waals surface area (Å²) in [4.78, 5) is 15.4. The van der Waals surface area contributed by atoms with Crippen molar-refractivity contribution in [3.63, 3.8) is 0 Å². The number of aromatic nitrogens is 1. The molecule has 0 aliphatic rings. The summed E-state index contributed by atoms with van der Waals surface area (Å²) in [6.45, 7) is -2.04. The van der Waals surface area contributed by atoms with Gasteiger partial charge in [0.2, 0.25) is 5.88 Å². The van der Waals surface area contributed by atoms with E-state index in [0.717, 1.165) is 0 Å². The molecule has 2 rings (SSSR count). The molecule has 0 saturated carbocycles. The lowest BCUT2D eigenvalue weighted by Gasteiger charge is -2.12. The van der Waals surface area contributed by atoms with Crippen LogP contribution < -0.4 is 14.8 Å². The number of alkyl halides is 3. The van der Waals surface area contributed by atoms with Crippen LogP contribution in [0.5, 0.6) is 11.6 Å². The summed E-state index contributed by atoms with van der Waals surface area (Å²) >= 11 is 0. The minimum atomic E-state index is -4.49. The zero-order chi connectivity index (χ0) is 18.3. The highest BCUT2D eigenvalue weighted by atomic mass is 19.4. The fraction of sp³-hybridized carbons (Fsp3) is 0.250. The van der Waals surface area contributed by atoms with Crippen molar-refractivity contribution in [1.29, 1.82) is 0 Å². The molecule has 1 aromatic heterocycles. The van der Waals surface area contributed by atoms with E-state index in [1.54, 1.807) is 6.07 Å². The number of para-hydroxylation sites is 1. The van der Waals surface area contributed by atoms with Crippen molar-refractivity contribution >= 4 is 5.91 Å². The van der Waals surface area contributed by atoms with Gasteiger partial charge >= 0.3 is 6.18 Å². The van der Waals surface area contributed by atoms with Crippen LogP contribution in [0.4, 0.5) is 17.6 Å². The number of rotatable bonds is 7. The second-order valence-corrected chi connectivity index (χ2v) is 4.87. The van der Waals surface area contributed by atoms with Crippen molar-refractivity contribution in [2.45, 2.75) is 12.7 Å². The zero-order valence-electron chi connectivity index (χ0n) is 12.8. The Kier molecular flexibility index (Phi) is 6.15. The van der Waals surface area contributed by atoms with Gasteiger partial charge in [0.05, 0.1) is 0 Å². The lowest BCUT2D eigenvalue weighted by Crippen LogP contribution is -2.29. The van der Waals surface area contributed by atoms with Crippen LogP contribution in [-0.4, -0.2) is 30.3 Å². The molecule has 0 aliphatic carbocycles. The maximum absolute atomic E-state index is 13.4. The Morgan fingerprint density at radius 2 is 1.88 bits per heavy atom. The smallest absolute Gasteiger partial charge is 0.422 e. The Bertz CT molecular complexity index is 723. The van der Waals surface area contributed by atoms with E-state index in [2.05, 4.69) is 15.0 Å². The molecule has 1 amide bonds. The van der Waals surface area contributed by atoms with Crippen LogP contribution in [0.25, 0.3) is 0 Å². The number of benzene rings is 1. The second kappa shape index (κ2) is 8.32. The first kappa shape index (κ1) is 18.5. The SMILES string of the molecule is O=C(COc1ccccc1F)NCc1cccnc1OCC(F)(F)F. The summed E-state index contributed by atoms with van der Waals surface area (Å²) in [5.41, 5.74) is 0.269. The highest BCUT2D eigenvalue weighted by Gasteiger charge is 2.29. The fourth-order valence-corrected chi connectivity index (χ4v) is 1.79. The quantitative estimate of drug-likeness (QED) is 0.774. The summed E-state index contributed by atoms with van der Waals surface area (Å²) < 4.78 is 59.6. The Hall–Kier alpha value is -2.84. The summed E-state index contributed by atoms with van der Waals surface area (Å²) in [5.74, 6) is -1.48. The monoisotopic (exact) mass is 358 g/mol. The Morgan fingerprint density at radius 3 is 2.60 bits per heavy atom. The third-order valence-corrected chi connectivity index (χ3v) is 2.89. The van der Waals surface area contributed by atoms with Crippen LogP contribution in [-0.2, 0) is 11.3 Å². The van der Waals surface area contributed by atoms with Crippen LogP contribution in [0.2, 0.25) is 0 Å². The highest BCUT2D eigenvalue weighted by molar-refractivity contribution is 5.77. The summed E-state index contributed by atoms with van der Waals surface area (Å²) in [6, 6.07) is 8.55. The molecule has 5 nitrogen and oxygen atoms in total. The molecule has 1 N–H and O–H groups in total. The van der Waals surface area contributed by atoms with E-state index >= 15 is 0 Å². The predicted octanol–water partition coefficient (Wildman–Crippen LogP) is 2.86. The third kappa shape index (κ3) is 6.28. The van der Waals surface area contributed by atoms with E-state index in [9.17, 15) is 22.4 Å². The Balaban J connectivity index is 1.86. The van der Waals surface area contributed by atoms with Gasteiger partial charge < -0.3 is 14.8 Å². The molecule has 9 heteroatoms. The van der Waals surface area contributed by atoms with Crippen molar-refractivity contribution in [2.75, 3.05) is 13.2 Å². The molecule has 0 spiro atoms. The molecule has 2 aromatic rings. The summed E-state index contributed by atoms with van der Waals surface area (Å²) in [6.07, 6.45) is -3.22. The van der Waals surface area contributed by atoms with Gasteiger partial charge in [-0.3, -0.25) is 4.79 Å². The van der Waals surface area contributed by atoms with Gasteiger partial charge in [0.25, 0.3) is 5.91 Å². The number of nitrogens with zero attached hydrogens (tertiary/aromatic N) is 1. The zero-order valence-corrected chi connectivity index (χ0v) is 12.8. The maximum Gasteiger partial charge on any atom is 0.422 e. The number of hydrogen-bond acceptors (Lipinski definition) is 4. The second-order valence-electron chi connectivity index (χ2n) is 4.87. The number of halogens is 4. The van der Waals surface area contributed by atoms with Gasteiger partial charge in [-0.25, -0.2) is 9.37 Å². The third-order valence-electron chi connectivity index (χ3n) is 2.89. The molecule has 0 unspecified atom stereocenters. The molecule has 0 bridgehead atoms. The van der Waals surface area contributed by atoms with Gasteiger partial charge in [0.15, 0.2) is 24.8 Å². The van der Waals surface area contributed by atoms with Crippen molar-refractivity contribution < 1.29 is 31.8 Å². The van der Waals surface area contributed by atoms with E-state index in [-0.39, 0.29) is 23.7 Å². The normalized spacial score (nSPS) is 11.0. The maximum atomic E-state index is 13.4. The number of amides is 1. The first-order valence-corrected chi connectivity index (χ1v) is 7.12. The van der Waals surface area contributed by atoms with Gasteiger partial charge in [0, 0.05) is 18.3 Å². The van der Waals surface area contributed by atoms with Gasteiger partial charge in [-0.05, 0) is 18.2 Å².